The molecule has 0 heterocycles. The van der Waals surface area contributed by atoms with E-state index in [0.29, 0.717) is 5.03 Å². The molecule has 1 saturated carbocycles. The second-order valence-electron chi connectivity index (χ2n) is 4.76. The predicted molar refractivity (Wildman–Crippen MR) is 81.0 cm³/mol. The summed E-state index contributed by atoms with van der Waals surface area (Å²) in [5.74, 6) is 0. The molecule has 0 aliphatic heterocycles. The van der Waals surface area contributed by atoms with Crippen molar-refractivity contribution in [2.45, 2.75) is 32.3 Å². The van der Waals surface area contributed by atoms with Gasteiger partial charge in [0.25, 0.3) is 0 Å². The van der Waals surface area contributed by atoms with Crippen LogP contribution in [0.25, 0.3) is 0 Å². The van der Waals surface area contributed by atoms with Gasteiger partial charge in [0.15, 0.2) is 0 Å². The van der Waals surface area contributed by atoms with E-state index in [0.717, 1.165) is 0 Å². The zero-order chi connectivity index (χ0) is 13.7. The number of hydrogen-bond acceptors (Lipinski definition) is 0. The lowest BCUT2D eigenvalue weighted by Gasteiger charge is -2.46. The highest BCUT2D eigenvalue weighted by Gasteiger charge is 2.85. The molecule has 3 rings (SSSR count). The number of halogens is 8. The van der Waals surface area contributed by atoms with Crippen molar-refractivity contribution >= 4 is 92.8 Å². The summed E-state index contributed by atoms with van der Waals surface area (Å²) in [5, 5.41) is 0.951. The van der Waals surface area contributed by atoms with Crippen molar-refractivity contribution < 1.29 is 0 Å². The third-order valence-electron chi connectivity index (χ3n) is 4.04. The summed E-state index contributed by atoms with van der Waals surface area (Å²) in [5.41, 5.74) is 0. The Morgan fingerprint density at radius 3 is 1.78 bits per heavy atom. The fourth-order valence-electron chi connectivity index (χ4n) is 3.10. The van der Waals surface area contributed by atoms with Gasteiger partial charge >= 0.3 is 0 Å². The van der Waals surface area contributed by atoms with Crippen LogP contribution in [0.5, 0.6) is 0 Å². The first kappa shape index (κ1) is 14.7. The summed E-state index contributed by atoms with van der Waals surface area (Å²) >= 11 is 51.1. The van der Waals surface area contributed by atoms with Gasteiger partial charge in [0, 0.05) is 11.5 Å². The molecule has 1 fully saturated rings. The minimum absolute atomic E-state index is 0.191. The fourth-order valence-corrected chi connectivity index (χ4v) is 7.27. The van der Waals surface area contributed by atoms with E-state index in [4.69, 9.17) is 92.8 Å². The smallest absolute Gasteiger partial charge is 0.114 e. The highest BCUT2D eigenvalue weighted by molar-refractivity contribution is 6.61. The SMILES string of the molecule is ClC1=C(Cl)[C@]2(Cl)[C@](Cl)(C1)[C@]1(Cl)C[C@]2(Cl)C(Cl)=C1Cl. The third-order valence-corrected chi connectivity index (χ3v) is 9.49. The molecule has 0 radical (unpaired) electrons. The Hall–Kier alpha value is 1.80. The maximum atomic E-state index is 6.65. The van der Waals surface area contributed by atoms with Crippen molar-refractivity contribution in [2.75, 3.05) is 0 Å². The molecule has 0 aromatic heterocycles. The van der Waals surface area contributed by atoms with E-state index in [1.165, 1.54) is 0 Å². The number of fused-ring (bicyclic) bond motifs is 5. The third kappa shape index (κ3) is 1.16. The first-order valence-electron chi connectivity index (χ1n) is 4.93. The van der Waals surface area contributed by atoms with Crippen LogP contribution in [-0.2, 0) is 0 Å². The highest BCUT2D eigenvalue weighted by atomic mass is 35.5. The maximum Gasteiger partial charge on any atom is 0.127 e. The molecule has 0 unspecified atom stereocenters. The largest absolute Gasteiger partial charge is 0.127 e. The minimum Gasteiger partial charge on any atom is -0.114 e. The van der Waals surface area contributed by atoms with Crippen molar-refractivity contribution in [1.29, 1.82) is 0 Å². The van der Waals surface area contributed by atoms with E-state index in [9.17, 15) is 0 Å². The van der Waals surface area contributed by atoms with E-state index < -0.39 is 19.5 Å². The molecule has 2 bridgehead atoms. The van der Waals surface area contributed by atoms with Gasteiger partial charge in [-0.3, -0.25) is 0 Å². The summed E-state index contributed by atoms with van der Waals surface area (Å²) < 4.78 is 0. The molecule has 0 amide bonds. The van der Waals surface area contributed by atoms with Crippen LogP contribution in [0, 0.1) is 0 Å². The summed E-state index contributed by atoms with van der Waals surface area (Å²) in [6, 6.07) is 0. The molecular weight excluding hydrogens is 404 g/mol. The summed E-state index contributed by atoms with van der Waals surface area (Å²) in [6.45, 7) is 0. The van der Waals surface area contributed by atoms with Crippen molar-refractivity contribution in [2.24, 2.45) is 0 Å². The standard InChI is InChI=1S/C10H4Cl8/c11-3-1-9(17)7(15)2-8(16,6(14)5(7)13)10(9,18)4(3)12/h1-2H2/t7-,8-,9-,10+/m0/s1. The van der Waals surface area contributed by atoms with Gasteiger partial charge in [-0.15, -0.1) is 46.4 Å². The molecule has 100 valence electrons. The quantitative estimate of drug-likeness (QED) is 0.426. The van der Waals surface area contributed by atoms with Gasteiger partial charge < -0.3 is 0 Å². The fraction of sp³-hybridized carbons (Fsp3) is 0.600. The predicted octanol–water partition coefficient (Wildman–Crippen LogP) is 6.10. The molecule has 0 spiro atoms. The Morgan fingerprint density at radius 1 is 0.722 bits per heavy atom. The first-order chi connectivity index (χ1) is 8.06. The Morgan fingerprint density at radius 2 is 1.22 bits per heavy atom. The second-order valence-corrected chi connectivity index (χ2v) is 8.86. The van der Waals surface area contributed by atoms with Crippen molar-refractivity contribution in [3.8, 4) is 0 Å². The van der Waals surface area contributed by atoms with Crippen LogP contribution in [0.15, 0.2) is 20.1 Å². The average Bonchev–Trinajstić information content (AvgIpc) is 2.65. The van der Waals surface area contributed by atoms with Gasteiger partial charge in [0.05, 0.1) is 20.0 Å². The number of alkyl halides is 4. The number of rotatable bonds is 0. The summed E-state index contributed by atoms with van der Waals surface area (Å²) in [4.78, 5) is -4.93. The molecule has 0 saturated heterocycles. The minimum atomic E-state index is -1.35. The van der Waals surface area contributed by atoms with Crippen LogP contribution in [0.1, 0.15) is 12.8 Å². The van der Waals surface area contributed by atoms with Gasteiger partial charge in [0.2, 0.25) is 0 Å². The molecule has 8 heteroatoms. The Labute approximate surface area is 144 Å². The highest BCUT2D eigenvalue weighted by Crippen LogP contribution is 2.80. The summed E-state index contributed by atoms with van der Waals surface area (Å²) in [6.07, 6.45) is 0.422. The van der Waals surface area contributed by atoms with E-state index in [1.54, 1.807) is 0 Å². The first-order valence-corrected chi connectivity index (χ1v) is 7.95. The van der Waals surface area contributed by atoms with Crippen LogP contribution < -0.4 is 0 Å². The zero-order valence-electron chi connectivity index (χ0n) is 8.44. The summed E-state index contributed by atoms with van der Waals surface area (Å²) in [7, 11) is 0. The van der Waals surface area contributed by atoms with Gasteiger partial charge in [-0.2, -0.15) is 0 Å². The molecule has 18 heavy (non-hydrogen) atoms. The molecule has 3 aliphatic carbocycles. The lowest BCUT2D eigenvalue weighted by Crippen LogP contribution is -2.58. The van der Waals surface area contributed by atoms with Crippen LogP contribution in [0.2, 0.25) is 0 Å². The Bertz CT molecular complexity index is 538. The number of hydrogen-bond donors (Lipinski definition) is 0. The molecule has 4 atom stereocenters. The van der Waals surface area contributed by atoms with Crippen molar-refractivity contribution in [3.63, 3.8) is 0 Å². The Kier molecular flexibility index (Phi) is 3.08. The lowest BCUT2D eigenvalue weighted by atomic mass is 9.82. The monoisotopic (exact) mass is 404 g/mol. The molecular formula is C10H4Cl8. The average molecular weight is 408 g/mol. The van der Waals surface area contributed by atoms with Gasteiger partial charge in [-0.25, -0.2) is 0 Å². The van der Waals surface area contributed by atoms with Gasteiger partial charge in [-0.1, -0.05) is 46.4 Å². The normalized spacial score (nSPS) is 54.7. The molecule has 0 nitrogen and oxygen atoms in total. The van der Waals surface area contributed by atoms with Gasteiger partial charge in [-0.05, 0) is 6.42 Å². The topological polar surface area (TPSA) is 0 Å². The van der Waals surface area contributed by atoms with Crippen LogP contribution in [-0.4, -0.2) is 19.5 Å². The second kappa shape index (κ2) is 3.76. The van der Waals surface area contributed by atoms with Crippen LogP contribution >= 0.6 is 92.8 Å². The van der Waals surface area contributed by atoms with Crippen LogP contribution in [0.4, 0.5) is 0 Å². The van der Waals surface area contributed by atoms with Gasteiger partial charge in [0.1, 0.15) is 14.6 Å². The van der Waals surface area contributed by atoms with E-state index in [1.807, 2.05) is 0 Å². The van der Waals surface area contributed by atoms with Crippen molar-refractivity contribution in [1.82, 2.24) is 0 Å². The van der Waals surface area contributed by atoms with E-state index in [-0.39, 0.29) is 27.9 Å². The number of allylic oxidation sites excluding steroid dienone is 4. The lowest BCUT2D eigenvalue weighted by molar-refractivity contribution is 0.477. The zero-order valence-corrected chi connectivity index (χ0v) is 14.5. The van der Waals surface area contributed by atoms with Crippen LogP contribution in [0.3, 0.4) is 0 Å². The van der Waals surface area contributed by atoms with Crippen molar-refractivity contribution in [3.05, 3.63) is 20.1 Å². The van der Waals surface area contributed by atoms with E-state index >= 15 is 0 Å². The molecule has 0 N–H and O–H groups in total. The molecule has 0 aromatic rings. The van der Waals surface area contributed by atoms with E-state index in [2.05, 4.69) is 0 Å². The molecule has 3 aliphatic rings. The Balaban J connectivity index is 2.38. The molecule has 0 aromatic carbocycles. The maximum absolute atomic E-state index is 6.65.